The summed E-state index contributed by atoms with van der Waals surface area (Å²) in [4.78, 5) is 11.4. The van der Waals surface area contributed by atoms with Gasteiger partial charge in [0.05, 0.1) is 13.7 Å². The van der Waals surface area contributed by atoms with Crippen LogP contribution in [0.5, 0.6) is 5.75 Å². The topological polar surface area (TPSA) is 50.4 Å². The van der Waals surface area contributed by atoms with Crippen LogP contribution in [-0.2, 0) is 11.3 Å². The number of hydrogen-bond donors (Lipinski definition) is 2. The highest BCUT2D eigenvalue weighted by atomic mass is 35.5. The summed E-state index contributed by atoms with van der Waals surface area (Å²) in [6, 6.07) is 1.88. The normalized spacial score (nSPS) is 10.3. The summed E-state index contributed by atoms with van der Waals surface area (Å²) in [6.07, 6.45) is 0. The van der Waals surface area contributed by atoms with E-state index in [1.165, 1.54) is 0 Å². The van der Waals surface area contributed by atoms with Crippen LogP contribution in [0.25, 0.3) is 0 Å². The average molecular weight is 271 g/mol. The number of rotatable bonds is 5. The number of ether oxygens (including phenoxy) is 1. The molecule has 0 saturated heterocycles. The van der Waals surface area contributed by atoms with Crippen LogP contribution in [0.3, 0.4) is 0 Å². The quantitative estimate of drug-likeness (QED) is 0.858. The van der Waals surface area contributed by atoms with E-state index in [0.29, 0.717) is 18.1 Å². The first kappa shape index (κ1) is 14.8. The van der Waals surface area contributed by atoms with Crippen molar-refractivity contribution in [1.82, 2.24) is 10.6 Å². The van der Waals surface area contributed by atoms with Gasteiger partial charge in [0.1, 0.15) is 5.75 Å². The number of likely N-dealkylation sites (N-methyl/N-ethyl adjacent to an activating group) is 1. The molecule has 1 amide bonds. The van der Waals surface area contributed by atoms with Crippen molar-refractivity contribution in [3.63, 3.8) is 0 Å². The van der Waals surface area contributed by atoms with E-state index in [-0.39, 0.29) is 5.91 Å². The average Bonchev–Trinajstić information content (AvgIpc) is 2.34. The Morgan fingerprint density at radius 3 is 2.67 bits per heavy atom. The summed E-state index contributed by atoms with van der Waals surface area (Å²) < 4.78 is 5.33. The zero-order valence-electron chi connectivity index (χ0n) is 11.2. The van der Waals surface area contributed by atoms with E-state index in [0.717, 1.165) is 22.4 Å². The molecule has 5 heteroatoms. The first-order valence-corrected chi connectivity index (χ1v) is 6.13. The number of halogens is 1. The second-order valence-corrected chi connectivity index (χ2v) is 4.50. The molecule has 4 nitrogen and oxygen atoms in total. The van der Waals surface area contributed by atoms with Crippen molar-refractivity contribution in [2.75, 3.05) is 20.7 Å². The molecule has 1 aromatic carbocycles. The van der Waals surface area contributed by atoms with Crippen LogP contribution >= 0.6 is 11.6 Å². The fraction of sp³-hybridized carbons (Fsp3) is 0.462. The minimum atomic E-state index is -0.0596. The molecule has 0 radical (unpaired) electrons. The second kappa shape index (κ2) is 6.61. The third kappa shape index (κ3) is 3.37. The van der Waals surface area contributed by atoms with Crippen molar-refractivity contribution in [1.29, 1.82) is 0 Å². The lowest BCUT2D eigenvalue weighted by molar-refractivity contribution is -0.120. The molecule has 0 spiro atoms. The van der Waals surface area contributed by atoms with Crippen LogP contribution in [0.15, 0.2) is 6.07 Å². The Hall–Kier alpha value is -1.26. The number of methoxy groups -OCH3 is 1. The Morgan fingerprint density at radius 1 is 1.44 bits per heavy atom. The third-order valence-electron chi connectivity index (χ3n) is 2.79. The molecular weight excluding hydrogens is 252 g/mol. The van der Waals surface area contributed by atoms with E-state index < -0.39 is 0 Å². The summed E-state index contributed by atoms with van der Waals surface area (Å²) >= 11 is 6.21. The van der Waals surface area contributed by atoms with E-state index in [1.54, 1.807) is 14.2 Å². The van der Waals surface area contributed by atoms with Gasteiger partial charge in [-0.25, -0.2) is 0 Å². The maximum Gasteiger partial charge on any atom is 0.234 e. The van der Waals surface area contributed by atoms with Gasteiger partial charge in [-0.15, -0.1) is 0 Å². The fourth-order valence-electron chi connectivity index (χ4n) is 1.77. The van der Waals surface area contributed by atoms with Crippen molar-refractivity contribution >= 4 is 17.5 Å². The maximum absolute atomic E-state index is 11.4. The van der Waals surface area contributed by atoms with E-state index in [1.807, 2.05) is 19.9 Å². The lowest BCUT2D eigenvalue weighted by Crippen LogP contribution is -2.32. The molecule has 1 rings (SSSR count). The highest BCUT2D eigenvalue weighted by Gasteiger charge is 2.13. The van der Waals surface area contributed by atoms with Gasteiger partial charge in [0.25, 0.3) is 0 Å². The van der Waals surface area contributed by atoms with Gasteiger partial charge in [0, 0.05) is 17.1 Å². The largest absolute Gasteiger partial charge is 0.496 e. The smallest absolute Gasteiger partial charge is 0.234 e. The Balaban J connectivity index is 2.93. The van der Waals surface area contributed by atoms with Crippen LogP contribution in [0, 0.1) is 13.8 Å². The van der Waals surface area contributed by atoms with Gasteiger partial charge in [-0.3, -0.25) is 4.79 Å². The Kier molecular flexibility index (Phi) is 5.44. The van der Waals surface area contributed by atoms with Gasteiger partial charge in [0.15, 0.2) is 0 Å². The van der Waals surface area contributed by atoms with Crippen molar-refractivity contribution in [2.24, 2.45) is 0 Å². The summed E-state index contributed by atoms with van der Waals surface area (Å²) in [5.41, 5.74) is 2.83. The van der Waals surface area contributed by atoms with Crippen LogP contribution in [0.4, 0.5) is 0 Å². The Labute approximate surface area is 113 Å². The van der Waals surface area contributed by atoms with E-state index in [4.69, 9.17) is 16.3 Å². The van der Waals surface area contributed by atoms with E-state index in [2.05, 4.69) is 10.6 Å². The predicted molar refractivity (Wildman–Crippen MR) is 73.3 cm³/mol. The first-order valence-electron chi connectivity index (χ1n) is 5.75. The molecule has 18 heavy (non-hydrogen) atoms. The summed E-state index contributed by atoms with van der Waals surface area (Å²) in [5.74, 6) is 0.690. The minimum absolute atomic E-state index is 0.0596. The molecule has 0 aliphatic carbocycles. The molecule has 1 aromatic rings. The Bertz CT molecular complexity index is 447. The molecule has 0 fully saturated rings. The van der Waals surface area contributed by atoms with Gasteiger partial charge in [-0.05, 0) is 38.1 Å². The number of amides is 1. The van der Waals surface area contributed by atoms with Gasteiger partial charge in [0.2, 0.25) is 5.91 Å². The molecule has 0 heterocycles. The van der Waals surface area contributed by atoms with Gasteiger partial charge in [-0.1, -0.05) is 11.6 Å². The van der Waals surface area contributed by atoms with E-state index >= 15 is 0 Å². The molecule has 0 aliphatic heterocycles. The molecule has 0 atom stereocenters. The van der Waals surface area contributed by atoms with Crippen LogP contribution in [0.2, 0.25) is 5.02 Å². The van der Waals surface area contributed by atoms with Crippen LogP contribution < -0.4 is 15.4 Å². The molecule has 0 aliphatic rings. The summed E-state index contributed by atoms with van der Waals surface area (Å²) in [5, 5.41) is 6.34. The van der Waals surface area contributed by atoms with Gasteiger partial charge in [-0.2, -0.15) is 0 Å². The first-order chi connectivity index (χ1) is 8.51. The fourth-order valence-corrected chi connectivity index (χ4v) is 1.94. The van der Waals surface area contributed by atoms with Crippen molar-refractivity contribution in [3.05, 3.63) is 27.8 Å². The number of aryl methyl sites for hydroxylation is 1. The summed E-state index contributed by atoms with van der Waals surface area (Å²) in [6.45, 7) is 4.56. The number of carbonyl (C=O) groups is 1. The van der Waals surface area contributed by atoms with Crippen molar-refractivity contribution in [3.8, 4) is 5.75 Å². The lowest BCUT2D eigenvalue weighted by atomic mass is 10.0. The third-order valence-corrected chi connectivity index (χ3v) is 3.37. The second-order valence-electron chi connectivity index (χ2n) is 4.12. The zero-order chi connectivity index (χ0) is 13.7. The number of carbonyl (C=O) groups excluding carboxylic acids is 1. The molecule has 2 N–H and O–H groups in total. The number of hydrogen-bond acceptors (Lipinski definition) is 3. The molecule has 0 saturated carbocycles. The molecule has 0 unspecified atom stereocenters. The highest BCUT2D eigenvalue weighted by molar-refractivity contribution is 6.32. The van der Waals surface area contributed by atoms with Crippen molar-refractivity contribution < 1.29 is 9.53 Å². The van der Waals surface area contributed by atoms with Gasteiger partial charge < -0.3 is 15.4 Å². The number of nitrogens with one attached hydrogen (secondary N) is 2. The maximum atomic E-state index is 11.4. The highest BCUT2D eigenvalue weighted by Crippen LogP contribution is 2.31. The molecule has 0 bridgehead atoms. The minimum Gasteiger partial charge on any atom is -0.496 e. The molecule has 100 valence electrons. The number of benzene rings is 1. The van der Waals surface area contributed by atoms with Gasteiger partial charge >= 0.3 is 0 Å². The monoisotopic (exact) mass is 270 g/mol. The SMILES string of the molecule is CNCC(=O)NCc1c(OC)cc(C)c(Cl)c1C. The standard InChI is InChI=1S/C13H19ClN2O2/c1-8-5-11(18-4)10(9(2)13(8)14)6-16-12(17)7-15-3/h5,15H,6-7H2,1-4H3,(H,16,17). The van der Waals surface area contributed by atoms with E-state index in [9.17, 15) is 4.79 Å². The van der Waals surface area contributed by atoms with Crippen LogP contribution in [-0.4, -0.2) is 26.6 Å². The lowest BCUT2D eigenvalue weighted by Gasteiger charge is -2.15. The molecule has 0 aromatic heterocycles. The van der Waals surface area contributed by atoms with Crippen LogP contribution in [0.1, 0.15) is 16.7 Å². The Morgan fingerprint density at radius 2 is 2.11 bits per heavy atom. The summed E-state index contributed by atoms with van der Waals surface area (Å²) in [7, 11) is 3.34. The predicted octanol–water partition coefficient (Wildman–Crippen LogP) is 1.80. The zero-order valence-corrected chi connectivity index (χ0v) is 11.9. The van der Waals surface area contributed by atoms with Crippen molar-refractivity contribution in [2.45, 2.75) is 20.4 Å². The molecular formula is C13H19ClN2O2.